The van der Waals surface area contributed by atoms with Gasteiger partial charge in [-0.05, 0) is 36.6 Å². The number of nitriles is 1. The van der Waals surface area contributed by atoms with Crippen molar-refractivity contribution in [3.8, 4) is 11.8 Å². The maximum atomic E-state index is 15.0. The van der Waals surface area contributed by atoms with E-state index in [0.717, 1.165) is 0 Å². The highest BCUT2D eigenvalue weighted by Gasteiger charge is 2.44. The predicted molar refractivity (Wildman–Crippen MR) is 132 cm³/mol. The molecule has 4 atom stereocenters. The number of carbonyl (C=O) groups excluding carboxylic acids is 3. The van der Waals surface area contributed by atoms with Crippen LogP contribution in [0.5, 0.6) is 5.75 Å². The molecule has 2 aromatic rings. The van der Waals surface area contributed by atoms with Gasteiger partial charge in [0.25, 0.3) is 0 Å². The van der Waals surface area contributed by atoms with Gasteiger partial charge in [0.15, 0.2) is 5.78 Å². The number of halogens is 1. The Morgan fingerprint density at radius 2 is 2.03 bits per heavy atom. The first-order valence-corrected chi connectivity index (χ1v) is 12.0. The number of hydrogen-bond donors (Lipinski definition) is 3. The van der Waals surface area contributed by atoms with Crippen LogP contribution in [0.25, 0.3) is 0 Å². The van der Waals surface area contributed by atoms with Crippen molar-refractivity contribution in [2.24, 2.45) is 11.7 Å². The average Bonchev–Trinajstić information content (AvgIpc) is 3.65. The lowest BCUT2D eigenvalue weighted by atomic mass is 10.00. The molecule has 0 radical (unpaired) electrons. The van der Waals surface area contributed by atoms with Crippen LogP contribution in [0, 0.1) is 23.1 Å². The molecule has 0 saturated heterocycles. The van der Waals surface area contributed by atoms with Crippen molar-refractivity contribution in [2.45, 2.75) is 58.0 Å². The first kappa shape index (κ1) is 27.5. The normalized spacial score (nSPS) is 17.6. The molecule has 2 amide bonds. The Bertz CT molecular complexity index is 1200. The Hall–Kier alpha value is -4.04. The van der Waals surface area contributed by atoms with Crippen LogP contribution in [-0.4, -0.2) is 41.6 Å². The number of Topliss-reactive ketones (excluding diaryl/α,β-unsaturated/α-hetero) is 1. The molecule has 37 heavy (non-hydrogen) atoms. The quantitative estimate of drug-likeness (QED) is 0.235. The predicted octanol–water partition coefficient (Wildman–Crippen LogP) is 3.62. The number of nitrogens with one attached hydrogen (secondary N) is 2. The number of ketones is 1. The third-order valence-corrected chi connectivity index (χ3v) is 6.31. The molecule has 2 unspecified atom stereocenters. The van der Waals surface area contributed by atoms with E-state index in [0.29, 0.717) is 18.4 Å². The highest BCUT2D eigenvalue weighted by molar-refractivity contribution is 5.99. The van der Waals surface area contributed by atoms with Crippen molar-refractivity contribution < 1.29 is 28.2 Å². The molecule has 1 fully saturated rings. The zero-order chi connectivity index (χ0) is 27.1. The second kappa shape index (κ2) is 12.3. The second-order valence-corrected chi connectivity index (χ2v) is 8.84. The standard InChI is InChI=1S/C26H30FN5O5/c1-4-14(3)23(29)25(34)37-13-36-24-16(20(33)5-2)7-8-18(27)22(24)17-10-19(17)31-26(35)32-21-9-6-15(11-28)12-30-21/h6-9,12,14,17,19,23H,4-5,10,13,29H2,1-3H3,(H2,30,31,32,35)/t14-,17?,19?,23-/m0/s1. The van der Waals surface area contributed by atoms with E-state index in [4.69, 9.17) is 20.5 Å². The monoisotopic (exact) mass is 511 g/mol. The van der Waals surface area contributed by atoms with E-state index in [-0.39, 0.29) is 40.8 Å². The summed E-state index contributed by atoms with van der Waals surface area (Å²) >= 11 is 0. The number of carbonyl (C=O) groups is 3. The molecule has 3 rings (SSSR count). The summed E-state index contributed by atoms with van der Waals surface area (Å²) < 4.78 is 25.8. The van der Waals surface area contributed by atoms with Crippen molar-refractivity contribution in [3.05, 3.63) is 53.0 Å². The van der Waals surface area contributed by atoms with Crippen molar-refractivity contribution in [2.75, 3.05) is 12.1 Å². The van der Waals surface area contributed by atoms with E-state index < -0.39 is 42.6 Å². The molecule has 0 bridgehead atoms. The molecule has 0 aliphatic heterocycles. The number of pyridine rings is 1. The smallest absolute Gasteiger partial charge is 0.326 e. The van der Waals surface area contributed by atoms with Gasteiger partial charge in [-0.3, -0.25) is 14.9 Å². The SMILES string of the molecule is CCC(=O)c1ccc(F)c(C2CC2NC(=O)Nc2ccc(C#N)cn2)c1OCOC(=O)[C@@H](N)[C@@H](C)CC. The van der Waals surface area contributed by atoms with Crippen LogP contribution in [0.1, 0.15) is 67.4 Å². The number of rotatable bonds is 11. The van der Waals surface area contributed by atoms with Crippen LogP contribution in [-0.2, 0) is 9.53 Å². The minimum absolute atomic E-state index is 0.0137. The van der Waals surface area contributed by atoms with Crippen molar-refractivity contribution >= 4 is 23.6 Å². The van der Waals surface area contributed by atoms with E-state index in [1.165, 1.54) is 30.5 Å². The summed E-state index contributed by atoms with van der Waals surface area (Å²) in [6.07, 6.45) is 2.58. The van der Waals surface area contributed by atoms with Crippen molar-refractivity contribution in [1.29, 1.82) is 5.26 Å². The molecular weight excluding hydrogens is 481 g/mol. The van der Waals surface area contributed by atoms with Crippen LogP contribution < -0.4 is 21.1 Å². The molecule has 1 saturated carbocycles. The molecule has 11 heteroatoms. The summed E-state index contributed by atoms with van der Waals surface area (Å²) in [6, 6.07) is 5.65. The Morgan fingerprint density at radius 1 is 1.27 bits per heavy atom. The largest absolute Gasteiger partial charge is 0.456 e. The van der Waals surface area contributed by atoms with Crippen LogP contribution in [0.4, 0.5) is 15.0 Å². The number of ether oxygens (including phenoxy) is 2. The van der Waals surface area contributed by atoms with Gasteiger partial charge >= 0.3 is 12.0 Å². The topological polar surface area (TPSA) is 156 Å². The number of nitrogens with zero attached hydrogens (tertiary/aromatic N) is 2. The van der Waals surface area contributed by atoms with Gasteiger partial charge in [-0.2, -0.15) is 5.26 Å². The summed E-state index contributed by atoms with van der Waals surface area (Å²) in [5.74, 6) is -1.86. The maximum Gasteiger partial charge on any atom is 0.326 e. The van der Waals surface area contributed by atoms with Gasteiger partial charge in [0, 0.05) is 30.1 Å². The molecule has 1 heterocycles. The van der Waals surface area contributed by atoms with Gasteiger partial charge in [0.05, 0.1) is 11.1 Å². The van der Waals surface area contributed by atoms with Crippen LogP contribution >= 0.6 is 0 Å². The van der Waals surface area contributed by atoms with E-state index in [2.05, 4.69) is 15.6 Å². The summed E-state index contributed by atoms with van der Waals surface area (Å²) in [5.41, 5.74) is 6.53. The fourth-order valence-corrected chi connectivity index (χ4v) is 3.74. The van der Waals surface area contributed by atoms with Crippen LogP contribution in [0.2, 0.25) is 0 Å². The fourth-order valence-electron chi connectivity index (χ4n) is 3.74. The first-order valence-electron chi connectivity index (χ1n) is 12.0. The van der Waals surface area contributed by atoms with Crippen molar-refractivity contribution in [1.82, 2.24) is 10.3 Å². The molecule has 1 aromatic carbocycles. The zero-order valence-electron chi connectivity index (χ0n) is 20.9. The Kier molecular flexibility index (Phi) is 9.14. The molecule has 10 nitrogen and oxygen atoms in total. The summed E-state index contributed by atoms with van der Waals surface area (Å²) in [5, 5.41) is 14.1. The first-order chi connectivity index (χ1) is 17.7. The van der Waals surface area contributed by atoms with Crippen molar-refractivity contribution in [3.63, 3.8) is 0 Å². The molecule has 1 aliphatic rings. The number of esters is 1. The summed E-state index contributed by atoms with van der Waals surface area (Å²) in [7, 11) is 0. The number of hydrogen-bond acceptors (Lipinski definition) is 8. The molecule has 4 N–H and O–H groups in total. The van der Waals surface area contributed by atoms with Crippen LogP contribution in [0.15, 0.2) is 30.5 Å². The van der Waals surface area contributed by atoms with Gasteiger partial charge in [-0.15, -0.1) is 0 Å². The third kappa shape index (κ3) is 6.80. The minimum atomic E-state index is -0.835. The zero-order valence-corrected chi connectivity index (χ0v) is 20.9. The van der Waals surface area contributed by atoms with Crippen LogP contribution in [0.3, 0.4) is 0 Å². The summed E-state index contributed by atoms with van der Waals surface area (Å²) in [6.45, 7) is 4.85. The lowest BCUT2D eigenvalue weighted by Gasteiger charge is -2.19. The summed E-state index contributed by atoms with van der Waals surface area (Å²) in [4.78, 5) is 41.1. The lowest BCUT2D eigenvalue weighted by Crippen LogP contribution is -2.38. The van der Waals surface area contributed by atoms with E-state index >= 15 is 0 Å². The number of aromatic nitrogens is 1. The van der Waals surface area contributed by atoms with Gasteiger partial charge in [0.1, 0.15) is 29.5 Å². The van der Waals surface area contributed by atoms with E-state index in [9.17, 15) is 18.8 Å². The van der Waals surface area contributed by atoms with E-state index in [1.807, 2.05) is 19.9 Å². The number of urea groups is 1. The Morgan fingerprint density at radius 3 is 2.65 bits per heavy atom. The second-order valence-electron chi connectivity index (χ2n) is 8.84. The Balaban J connectivity index is 1.72. The fraction of sp³-hybridized carbons (Fsp3) is 0.423. The molecular formula is C26H30FN5O5. The maximum absolute atomic E-state index is 15.0. The molecule has 1 aromatic heterocycles. The highest BCUT2D eigenvalue weighted by Crippen LogP contribution is 2.47. The Labute approximate surface area is 214 Å². The average molecular weight is 512 g/mol. The molecule has 196 valence electrons. The number of anilines is 1. The third-order valence-electron chi connectivity index (χ3n) is 6.31. The lowest BCUT2D eigenvalue weighted by molar-refractivity contribution is -0.153. The van der Waals surface area contributed by atoms with E-state index in [1.54, 1.807) is 6.92 Å². The minimum Gasteiger partial charge on any atom is -0.456 e. The van der Waals surface area contributed by atoms with Gasteiger partial charge in [-0.25, -0.2) is 14.2 Å². The van der Waals surface area contributed by atoms with Gasteiger partial charge in [-0.1, -0.05) is 27.2 Å². The number of nitrogens with two attached hydrogens (primary N) is 1. The number of benzene rings is 1. The number of amides is 2. The van der Waals surface area contributed by atoms with Gasteiger partial charge in [0.2, 0.25) is 6.79 Å². The molecule has 0 spiro atoms. The highest BCUT2D eigenvalue weighted by atomic mass is 19.1. The van der Waals surface area contributed by atoms with Gasteiger partial charge < -0.3 is 20.5 Å². The molecule has 1 aliphatic carbocycles.